The lowest BCUT2D eigenvalue weighted by atomic mass is 9.98. The summed E-state index contributed by atoms with van der Waals surface area (Å²) in [5.74, 6) is -3.23. The minimum atomic E-state index is -1.52. The molecule has 2 aromatic rings. The third-order valence-electron chi connectivity index (χ3n) is 5.50. The minimum Gasteiger partial charge on any atom is -0.480 e. The summed E-state index contributed by atoms with van der Waals surface area (Å²) in [4.78, 5) is 47.9. The number of rotatable bonds is 10. The van der Waals surface area contributed by atoms with Crippen molar-refractivity contribution in [1.82, 2.24) is 10.6 Å². The Bertz CT molecular complexity index is 1020. The van der Waals surface area contributed by atoms with Gasteiger partial charge in [0.1, 0.15) is 18.7 Å². The highest BCUT2D eigenvalue weighted by molar-refractivity contribution is 5.91. The Labute approximate surface area is 196 Å². The number of ether oxygens (including phenoxy) is 3. The Morgan fingerprint density at radius 1 is 0.912 bits per heavy atom. The van der Waals surface area contributed by atoms with Crippen molar-refractivity contribution in [3.63, 3.8) is 0 Å². The zero-order valence-electron chi connectivity index (χ0n) is 18.8. The summed E-state index contributed by atoms with van der Waals surface area (Å²) in [6.07, 6.45) is -1.43. The van der Waals surface area contributed by atoms with Crippen molar-refractivity contribution < 1.29 is 38.5 Å². The van der Waals surface area contributed by atoms with Crippen molar-refractivity contribution in [1.29, 1.82) is 0 Å². The minimum absolute atomic E-state index is 0.0429. The van der Waals surface area contributed by atoms with E-state index in [9.17, 15) is 24.3 Å². The average molecular weight is 470 g/mol. The van der Waals surface area contributed by atoms with Crippen LogP contribution < -0.4 is 10.6 Å². The number of fused-ring (bicyclic) bond motifs is 3. The van der Waals surface area contributed by atoms with Gasteiger partial charge in [0.05, 0.1) is 20.1 Å². The van der Waals surface area contributed by atoms with E-state index in [0.717, 1.165) is 29.4 Å². The van der Waals surface area contributed by atoms with E-state index >= 15 is 0 Å². The summed E-state index contributed by atoms with van der Waals surface area (Å²) < 4.78 is 14.8. The molecular weight excluding hydrogens is 444 g/mol. The van der Waals surface area contributed by atoms with Crippen LogP contribution in [0.4, 0.5) is 4.79 Å². The van der Waals surface area contributed by atoms with Crippen LogP contribution in [0.2, 0.25) is 0 Å². The van der Waals surface area contributed by atoms with Crippen molar-refractivity contribution in [3.8, 4) is 11.1 Å². The summed E-state index contributed by atoms with van der Waals surface area (Å²) in [5.41, 5.74) is 4.23. The van der Waals surface area contributed by atoms with Gasteiger partial charge in [0.25, 0.3) is 0 Å². The second-order valence-electron chi connectivity index (χ2n) is 7.66. The predicted molar refractivity (Wildman–Crippen MR) is 120 cm³/mol. The van der Waals surface area contributed by atoms with Crippen LogP contribution in [0.1, 0.15) is 23.5 Å². The van der Waals surface area contributed by atoms with Gasteiger partial charge in [-0.25, -0.2) is 9.59 Å². The summed E-state index contributed by atoms with van der Waals surface area (Å²) >= 11 is 0. The molecule has 10 heteroatoms. The molecule has 0 saturated carbocycles. The molecule has 0 saturated heterocycles. The second-order valence-corrected chi connectivity index (χ2v) is 7.66. The quantitative estimate of drug-likeness (QED) is 0.446. The topological polar surface area (TPSA) is 140 Å². The number of carbonyl (C=O) groups is 4. The smallest absolute Gasteiger partial charge is 0.407 e. The van der Waals surface area contributed by atoms with Gasteiger partial charge >= 0.3 is 18.0 Å². The lowest BCUT2D eigenvalue weighted by molar-refractivity contribution is -0.149. The van der Waals surface area contributed by atoms with Gasteiger partial charge in [0.2, 0.25) is 5.91 Å². The summed E-state index contributed by atoms with van der Waals surface area (Å²) in [5, 5.41) is 13.9. The van der Waals surface area contributed by atoms with Crippen LogP contribution in [0.5, 0.6) is 0 Å². The molecule has 10 nitrogen and oxygen atoms in total. The zero-order chi connectivity index (χ0) is 24.7. The van der Waals surface area contributed by atoms with Crippen LogP contribution in [-0.4, -0.2) is 68.6 Å². The number of carboxylic acids is 1. The number of nitrogens with one attached hydrogen (secondary N) is 2. The molecule has 0 fully saturated rings. The van der Waals surface area contributed by atoms with Gasteiger partial charge < -0.3 is 30.0 Å². The average Bonchev–Trinajstić information content (AvgIpc) is 3.15. The summed E-state index contributed by atoms with van der Waals surface area (Å²) in [6.45, 7) is -0.193. The van der Waals surface area contributed by atoms with Crippen molar-refractivity contribution in [2.45, 2.75) is 24.4 Å². The van der Waals surface area contributed by atoms with E-state index in [-0.39, 0.29) is 19.1 Å². The number of amides is 2. The number of carboxylic acid groups (broad SMARTS) is 1. The van der Waals surface area contributed by atoms with Gasteiger partial charge in [0, 0.05) is 13.0 Å². The number of alkyl carbamates (subject to hydrolysis) is 1. The van der Waals surface area contributed by atoms with Gasteiger partial charge in [-0.1, -0.05) is 48.5 Å². The first-order chi connectivity index (χ1) is 16.3. The first-order valence-electron chi connectivity index (χ1n) is 10.6. The SMILES string of the molecule is COC[C@H](NC(=O)OCC1c2ccccc2-c2ccccc21)C(=O)N[C@@H](CC(=O)OC)C(=O)O. The van der Waals surface area contributed by atoms with Crippen LogP contribution in [0.15, 0.2) is 48.5 Å². The molecule has 3 rings (SSSR count). The Hall–Kier alpha value is -3.92. The fourth-order valence-corrected chi connectivity index (χ4v) is 3.85. The van der Waals surface area contributed by atoms with Crippen LogP contribution in [0.25, 0.3) is 11.1 Å². The molecule has 34 heavy (non-hydrogen) atoms. The number of benzene rings is 2. The Morgan fingerprint density at radius 3 is 2.03 bits per heavy atom. The number of methoxy groups -OCH3 is 2. The molecule has 0 radical (unpaired) electrons. The molecule has 0 aromatic heterocycles. The molecular formula is C24H26N2O8. The molecule has 2 atom stereocenters. The molecule has 3 N–H and O–H groups in total. The van der Waals surface area contributed by atoms with E-state index in [0.29, 0.717) is 0 Å². The molecule has 2 aromatic carbocycles. The molecule has 0 spiro atoms. The van der Waals surface area contributed by atoms with Gasteiger partial charge in [-0.2, -0.15) is 0 Å². The number of hydrogen-bond donors (Lipinski definition) is 3. The number of aliphatic carboxylic acids is 1. The molecule has 180 valence electrons. The van der Waals surface area contributed by atoms with Gasteiger partial charge in [-0.05, 0) is 22.3 Å². The third kappa shape index (κ3) is 5.70. The van der Waals surface area contributed by atoms with E-state index in [1.165, 1.54) is 7.11 Å². The van der Waals surface area contributed by atoms with Gasteiger partial charge in [-0.15, -0.1) is 0 Å². The maximum atomic E-state index is 12.6. The first-order valence-corrected chi connectivity index (χ1v) is 10.6. The van der Waals surface area contributed by atoms with E-state index in [2.05, 4.69) is 15.4 Å². The highest BCUT2D eigenvalue weighted by Gasteiger charge is 2.31. The Morgan fingerprint density at radius 2 is 1.50 bits per heavy atom. The Kier molecular flexibility index (Phi) is 8.20. The standard InChI is InChI=1S/C24H26N2O8/c1-32-13-20(22(28)25-19(23(29)30)11-21(27)33-2)26-24(31)34-12-18-16-9-5-3-7-14(16)15-8-4-6-10-17(15)18/h3-10,18-20H,11-13H2,1-2H3,(H,25,28)(H,26,31)(H,29,30)/t19-,20-/m0/s1. The predicted octanol–water partition coefficient (Wildman–Crippen LogP) is 1.67. The van der Waals surface area contributed by atoms with E-state index in [4.69, 9.17) is 9.47 Å². The van der Waals surface area contributed by atoms with Crippen molar-refractivity contribution in [2.24, 2.45) is 0 Å². The molecule has 0 unspecified atom stereocenters. The van der Waals surface area contributed by atoms with Gasteiger partial charge in [0.15, 0.2) is 0 Å². The molecule has 1 aliphatic carbocycles. The fourth-order valence-electron chi connectivity index (χ4n) is 3.85. The van der Waals surface area contributed by atoms with Crippen molar-refractivity contribution >= 4 is 23.9 Å². The normalized spacial score (nSPS) is 13.7. The number of hydrogen-bond acceptors (Lipinski definition) is 7. The first kappa shape index (κ1) is 24.7. The highest BCUT2D eigenvalue weighted by atomic mass is 16.5. The largest absolute Gasteiger partial charge is 0.480 e. The molecule has 1 aliphatic rings. The van der Waals surface area contributed by atoms with Crippen LogP contribution in [0, 0.1) is 0 Å². The fraction of sp³-hybridized carbons (Fsp3) is 0.333. The van der Waals surface area contributed by atoms with Crippen LogP contribution in [-0.2, 0) is 28.6 Å². The summed E-state index contributed by atoms with van der Waals surface area (Å²) in [6, 6.07) is 13.0. The van der Waals surface area contributed by atoms with E-state index in [1.54, 1.807) is 0 Å². The molecule has 0 aliphatic heterocycles. The number of esters is 1. The van der Waals surface area contributed by atoms with Crippen LogP contribution >= 0.6 is 0 Å². The second kappa shape index (κ2) is 11.3. The maximum Gasteiger partial charge on any atom is 0.407 e. The van der Waals surface area contributed by atoms with Gasteiger partial charge in [-0.3, -0.25) is 9.59 Å². The van der Waals surface area contributed by atoms with E-state index < -0.39 is 42.4 Å². The number of carbonyl (C=O) groups excluding carboxylic acids is 3. The summed E-state index contributed by atoms with van der Waals surface area (Å²) in [7, 11) is 2.43. The van der Waals surface area contributed by atoms with Crippen molar-refractivity contribution in [2.75, 3.05) is 27.4 Å². The molecule has 0 bridgehead atoms. The van der Waals surface area contributed by atoms with Crippen molar-refractivity contribution in [3.05, 3.63) is 59.7 Å². The zero-order valence-corrected chi connectivity index (χ0v) is 18.8. The Balaban J connectivity index is 1.63. The highest BCUT2D eigenvalue weighted by Crippen LogP contribution is 2.44. The lowest BCUT2D eigenvalue weighted by Crippen LogP contribution is -2.54. The third-order valence-corrected chi connectivity index (χ3v) is 5.50. The molecule has 2 amide bonds. The molecule has 0 heterocycles. The maximum absolute atomic E-state index is 12.6. The van der Waals surface area contributed by atoms with Crippen LogP contribution in [0.3, 0.4) is 0 Å². The monoisotopic (exact) mass is 470 g/mol. The lowest BCUT2D eigenvalue weighted by Gasteiger charge is -2.21. The van der Waals surface area contributed by atoms with E-state index in [1.807, 2.05) is 48.5 Å².